The number of hydrogen-bond donors (Lipinski definition) is 0. The van der Waals surface area contributed by atoms with E-state index < -0.39 is 0 Å². The van der Waals surface area contributed by atoms with Gasteiger partial charge in [-0.15, -0.1) is 0 Å². The van der Waals surface area contributed by atoms with Crippen molar-refractivity contribution in [2.75, 3.05) is 13.6 Å². The Balaban J connectivity index is 2.02. The van der Waals surface area contributed by atoms with Crippen molar-refractivity contribution in [1.82, 2.24) is 14.7 Å². The van der Waals surface area contributed by atoms with Crippen LogP contribution >= 0.6 is 15.9 Å². The van der Waals surface area contributed by atoms with Gasteiger partial charge in [0.15, 0.2) is 0 Å². The molecular weight excluding hydrogens is 242 g/mol. The molecule has 0 amide bonds. The van der Waals surface area contributed by atoms with Gasteiger partial charge in [0.05, 0.1) is 11.7 Å². The van der Waals surface area contributed by atoms with Crippen molar-refractivity contribution >= 4 is 15.9 Å². The molecule has 0 atom stereocenters. The summed E-state index contributed by atoms with van der Waals surface area (Å²) in [4.78, 5) is 2.35. The molecule has 1 aromatic heterocycles. The topological polar surface area (TPSA) is 21.1 Å². The second kappa shape index (κ2) is 3.07. The molecule has 0 saturated heterocycles. The normalized spacial score (nSPS) is 22.4. The van der Waals surface area contributed by atoms with Crippen LogP contribution in [0.25, 0.3) is 0 Å². The average Bonchev–Trinajstić information content (AvgIpc) is 2.95. The van der Waals surface area contributed by atoms with E-state index in [9.17, 15) is 0 Å². The molecule has 76 valence electrons. The van der Waals surface area contributed by atoms with Gasteiger partial charge in [0, 0.05) is 25.1 Å². The van der Waals surface area contributed by atoms with Crippen LogP contribution in [-0.2, 0) is 13.0 Å². The highest BCUT2D eigenvalue weighted by molar-refractivity contribution is 9.10. The molecule has 1 aromatic rings. The van der Waals surface area contributed by atoms with Crippen LogP contribution in [0.1, 0.15) is 30.1 Å². The molecule has 14 heavy (non-hydrogen) atoms. The van der Waals surface area contributed by atoms with E-state index in [0.717, 1.165) is 19.5 Å². The first-order chi connectivity index (χ1) is 6.75. The zero-order valence-electron chi connectivity index (χ0n) is 8.33. The summed E-state index contributed by atoms with van der Waals surface area (Å²) in [7, 11) is 2.17. The fraction of sp³-hybridized carbons (Fsp3) is 0.700. The van der Waals surface area contributed by atoms with Crippen LogP contribution in [0.2, 0.25) is 0 Å². The fourth-order valence-electron chi connectivity index (χ4n) is 2.06. The Kier molecular flexibility index (Phi) is 1.96. The van der Waals surface area contributed by atoms with Crippen LogP contribution in [0.5, 0.6) is 0 Å². The van der Waals surface area contributed by atoms with Gasteiger partial charge in [-0.05, 0) is 35.8 Å². The van der Waals surface area contributed by atoms with Crippen molar-refractivity contribution in [2.24, 2.45) is 0 Å². The lowest BCUT2D eigenvalue weighted by molar-refractivity contribution is 0.311. The number of hydrogen-bond acceptors (Lipinski definition) is 2. The van der Waals surface area contributed by atoms with Gasteiger partial charge >= 0.3 is 0 Å². The molecule has 1 aliphatic heterocycles. The molecule has 4 heteroatoms. The van der Waals surface area contributed by atoms with Crippen LogP contribution in [0.15, 0.2) is 4.60 Å². The van der Waals surface area contributed by atoms with Gasteiger partial charge in [0.1, 0.15) is 4.60 Å². The van der Waals surface area contributed by atoms with Gasteiger partial charge in [-0.1, -0.05) is 0 Å². The number of rotatable bonds is 1. The highest BCUT2D eigenvalue weighted by Gasteiger charge is 2.30. The number of halogens is 1. The summed E-state index contributed by atoms with van der Waals surface area (Å²) in [6, 6.07) is 0.681. The Morgan fingerprint density at radius 1 is 1.43 bits per heavy atom. The van der Waals surface area contributed by atoms with Crippen molar-refractivity contribution in [3.05, 3.63) is 15.9 Å². The highest BCUT2D eigenvalue weighted by Crippen LogP contribution is 2.39. The summed E-state index contributed by atoms with van der Waals surface area (Å²) in [6.07, 6.45) is 3.70. The maximum atomic E-state index is 4.69. The Morgan fingerprint density at radius 2 is 2.21 bits per heavy atom. The minimum absolute atomic E-state index is 0.681. The van der Waals surface area contributed by atoms with Crippen molar-refractivity contribution in [3.63, 3.8) is 0 Å². The van der Waals surface area contributed by atoms with E-state index in [0.29, 0.717) is 6.04 Å². The Labute approximate surface area is 92.2 Å². The molecule has 3 nitrogen and oxygen atoms in total. The Morgan fingerprint density at radius 3 is 2.93 bits per heavy atom. The van der Waals surface area contributed by atoms with E-state index >= 15 is 0 Å². The van der Waals surface area contributed by atoms with E-state index in [1.807, 2.05) is 0 Å². The SMILES string of the molecule is CN1CCc2nn(C3CC3)c(Br)c2C1. The van der Waals surface area contributed by atoms with Crippen molar-refractivity contribution in [2.45, 2.75) is 31.8 Å². The van der Waals surface area contributed by atoms with Gasteiger partial charge < -0.3 is 4.90 Å². The fourth-order valence-corrected chi connectivity index (χ4v) is 2.78. The van der Waals surface area contributed by atoms with Crippen LogP contribution < -0.4 is 0 Å². The van der Waals surface area contributed by atoms with Gasteiger partial charge in [-0.2, -0.15) is 5.10 Å². The van der Waals surface area contributed by atoms with Crippen LogP contribution in [0, 0.1) is 0 Å². The molecule has 0 unspecified atom stereocenters. The van der Waals surface area contributed by atoms with Crippen molar-refractivity contribution in [3.8, 4) is 0 Å². The van der Waals surface area contributed by atoms with Crippen LogP contribution in [0.3, 0.4) is 0 Å². The van der Waals surface area contributed by atoms with Crippen molar-refractivity contribution in [1.29, 1.82) is 0 Å². The Hall–Kier alpha value is -0.350. The van der Waals surface area contributed by atoms with Gasteiger partial charge in [-0.3, -0.25) is 4.68 Å². The molecule has 2 heterocycles. The molecule has 0 radical (unpaired) electrons. The first kappa shape index (κ1) is 8.92. The lowest BCUT2D eigenvalue weighted by Crippen LogP contribution is -2.26. The summed E-state index contributed by atoms with van der Waals surface area (Å²) in [6.45, 7) is 2.18. The molecule has 0 aromatic carbocycles. The smallest absolute Gasteiger partial charge is 0.109 e. The maximum absolute atomic E-state index is 4.69. The van der Waals surface area contributed by atoms with Crippen molar-refractivity contribution < 1.29 is 0 Å². The quantitative estimate of drug-likeness (QED) is 0.766. The summed E-state index contributed by atoms with van der Waals surface area (Å²) >= 11 is 3.68. The highest BCUT2D eigenvalue weighted by atomic mass is 79.9. The lowest BCUT2D eigenvalue weighted by Gasteiger charge is -2.21. The predicted molar refractivity (Wildman–Crippen MR) is 58.2 cm³/mol. The zero-order chi connectivity index (χ0) is 9.71. The molecular formula is C10H14BrN3. The average molecular weight is 256 g/mol. The molecule has 1 fully saturated rings. The largest absolute Gasteiger partial charge is 0.302 e. The lowest BCUT2D eigenvalue weighted by atomic mass is 10.1. The number of likely N-dealkylation sites (N-methyl/N-ethyl adjacent to an activating group) is 1. The van der Waals surface area contributed by atoms with Gasteiger partial charge in [0.25, 0.3) is 0 Å². The van der Waals surface area contributed by atoms with Gasteiger partial charge in [0.2, 0.25) is 0 Å². The minimum atomic E-state index is 0.681. The van der Waals surface area contributed by atoms with E-state index in [4.69, 9.17) is 0 Å². The molecule has 1 aliphatic carbocycles. The first-order valence-electron chi connectivity index (χ1n) is 5.20. The summed E-state index contributed by atoms with van der Waals surface area (Å²) in [5.74, 6) is 0. The third-order valence-electron chi connectivity index (χ3n) is 3.08. The number of nitrogens with zero attached hydrogens (tertiary/aromatic N) is 3. The van der Waals surface area contributed by atoms with E-state index in [1.54, 1.807) is 0 Å². The molecule has 0 spiro atoms. The second-order valence-electron chi connectivity index (χ2n) is 4.38. The first-order valence-corrected chi connectivity index (χ1v) is 5.99. The summed E-state index contributed by atoms with van der Waals surface area (Å²) in [5.41, 5.74) is 2.72. The predicted octanol–water partition coefficient (Wildman–Crippen LogP) is 1.97. The zero-order valence-corrected chi connectivity index (χ0v) is 9.92. The molecule has 3 rings (SSSR count). The monoisotopic (exact) mass is 255 g/mol. The number of fused-ring (bicyclic) bond motifs is 1. The third kappa shape index (κ3) is 1.32. The summed E-state index contributed by atoms with van der Waals surface area (Å²) in [5, 5.41) is 4.69. The third-order valence-corrected chi connectivity index (χ3v) is 3.92. The molecule has 2 aliphatic rings. The summed E-state index contributed by atoms with van der Waals surface area (Å²) < 4.78 is 3.41. The van der Waals surface area contributed by atoms with E-state index in [1.165, 1.54) is 28.7 Å². The minimum Gasteiger partial charge on any atom is -0.302 e. The standard InChI is InChI=1S/C10H14BrN3/c1-13-5-4-9-8(6-13)10(11)14(12-9)7-2-3-7/h7H,2-6H2,1H3. The van der Waals surface area contributed by atoms with Crippen LogP contribution in [-0.4, -0.2) is 28.3 Å². The maximum Gasteiger partial charge on any atom is 0.109 e. The second-order valence-corrected chi connectivity index (χ2v) is 5.13. The Bertz CT molecular complexity index is 368. The number of aromatic nitrogens is 2. The molecule has 0 bridgehead atoms. The molecule has 1 saturated carbocycles. The molecule has 0 N–H and O–H groups in total. The van der Waals surface area contributed by atoms with Gasteiger partial charge in [-0.25, -0.2) is 0 Å². The van der Waals surface area contributed by atoms with E-state index in [2.05, 4.69) is 37.7 Å². The van der Waals surface area contributed by atoms with E-state index in [-0.39, 0.29) is 0 Å². The van der Waals surface area contributed by atoms with Crippen LogP contribution in [0.4, 0.5) is 0 Å².